The summed E-state index contributed by atoms with van der Waals surface area (Å²) in [4.78, 5) is 23.1. The summed E-state index contributed by atoms with van der Waals surface area (Å²) in [5, 5.41) is 0. The Kier molecular flexibility index (Phi) is 6.76. The highest BCUT2D eigenvalue weighted by atomic mass is 79.9. The minimum atomic E-state index is -0.594. The molecule has 0 saturated heterocycles. The molecule has 7 heteroatoms. The Hall–Kier alpha value is -1.70. The zero-order valence-electron chi connectivity index (χ0n) is 11.8. The Morgan fingerprint density at radius 1 is 0.696 bits per heavy atom. The number of carbonyl (C=O) groups excluding carboxylic acids is 2. The van der Waals surface area contributed by atoms with Crippen LogP contribution in [0.1, 0.15) is 0 Å². The summed E-state index contributed by atoms with van der Waals surface area (Å²) in [6, 6.07) is 13.6. The first-order chi connectivity index (χ1) is 11.0. The van der Waals surface area contributed by atoms with Crippen molar-refractivity contribution in [3.8, 4) is 11.5 Å². The lowest BCUT2D eigenvalue weighted by molar-refractivity contribution is -0.145. The average Bonchev–Trinajstić information content (AvgIpc) is 2.52. The number of halogens is 2. The normalized spacial score (nSPS) is 10.2. The Bertz CT molecular complexity index is 608. The number of esters is 2. The molecule has 0 radical (unpaired) electrons. The van der Waals surface area contributed by atoms with Crippen molar-refractivity contribution in [1.82, 2.24) is 0 Å². The topological polar surface area (TPSA) is 61.8 Å². The van der Waals surface area contributed by atoms with Gasteiger partial charge in [0.05, 0.1) is 0 Å². The molecule has 120 valence electrons. The monoisotopic (exact) mass is 442 g/mol. The van der Waals surface area contributed by atoms with Crippen molar-refractivity contribution in [3.05, 3.63) is 57.5 Å². The molecule has 23 heavy (non-hydrogen) atoms. The van der Waals surface area contributed by atoms with E-state index in [1.165, 1.54) is 0 Å². The highest BCUT2D eigenvalue weighted by Gasteiger charge is 2.09. The van der Waals surface area contributed by atoms with E-state index in [0.29, 0.717) is 11.5 Å². The van der Waals surface area contributed by atoms with Crippen LogP contribution in [0.5, 0.6) is 11.5 Å². The maximum Gasteiger partial charge on any atom is 0.337 e. The third-order valence-corrected chi connectivity index (χ3v) is 3.59. The zero-order chi connectivity index (χ0) is 16.7. The van der Waals surface area contributed by atoms with Gasteiger partial charge < -0.3 is 14.2 Å². The molecule has 0 N–H and O–H groups in total. The van der Waals surface area contributed by atoms with Gasteiger partial charge in [0.15, 0.2) is 0 Å². The van der Waals surface area contributed by atoms with Crippen LogP contribution in [0.15, 0.2) is 57.5 Å². The van der Waals surface area contributed by atoms with Crippen LogP contribution in [0.2, 0.25) is 0 Å². The predicted molar refractivity (Wildman–Crippen MR) is 90.4 cm³/mol. The van der Waals surface area contributed by atoms with Crippen LogP contribution in [0.4, 0.5) is 0 Å². The van der Waals surface area contributed by atoms with Crippen LogP contribution < -0.4 is 9.47 Å². The van der Waals surface area contributed by atoms with Crippen LogP contribution in [-0.2, 0) is 14.3 Å². The second-order valence-corrected chi connectivity index (χ2v) is 6.18. The lowest BCUT2D eigenvalue weighted by atomic mass is 10.3. The van der Waals surface area contributed by atoms with Gasteiger partial charge in [-0.15, -0.1) is 0 Å². The number of benzene rings is 2. The quantitative estimate of drug-likeness (QED) is 0.502. The van der Waals surface area contributed by atoms with Gasteiger partial charge in [0.25, 0.3) is 0 Å². The van der Waals surface area contributed by atoms with E-state index in [-0.39, 0.29) is 13.2 Å². The molecule has 0 bridgehead atoms. The Balaban J connectivity index is 1.69. The summed E-state index contributed by atoms with van der Waals surface area (Å²) < 4.78 is 16.8. The maximum atomic E-state index is 11.6. The van der Waals surface area contributed by atoms with Crippen LogP contribution in [0.25, 0.3) is 0 Å². The number of rotatable bonds is 6. The van der Waals surface area contributed by atoms with Gasteiger partial charge in [0.2, 0.25) is 0 Å². The summed E-state index contributed by atoms with van der Waals surface area (Å²) in [6.45, 7) is -0.684. The van der Waals surface area contributed by atoms with E-state index in [1.807, 2.05) is 0 Å². The average molecular weight is 444 g/mol. The molecule has 0 atom stereocenters. The fourth-order valence-electron chi connectivity index (χ4n) is 1.54. The van der Waals surface area contributed by atoms with Gasteiger partial charge in [-0.1, -0.05) is 31.9 Å². The predicted octanol–water partition coefficient (Wildman–Crippen LogP) is 3.74. The number of ether oxygens (including phenoxy) is 3. The van der Waals surface area contributed by atoms with E-state index in [9.17, 15) is 9.59 Å². The molecule has 2 rings (SSSR count). The summed E-state index contributed by atoms with van der Waals surface area (Å²) in [5.41, 5.74) is 0. The Morgan fingerprint density at radius 2 is 1.04 bits per heavy atom. The second-order valence-electron chi connectivity index (χ2n) is 4.35. The van der Waals surface area contributed by atoms with Crippen molar-refractivity contribution >= 4 is 43.8 Å². The number of hydrogen-bond acceptors (Lipinski definition) is 5. The first kappa shape index (κ1) is 17.7. The first-order valence-electron chi connectivity index (χ1n) is 6.53. The smallest absolute Gasteiger partial charge is 0.337 e. The SMILES string of the molecule is O=C(COCC(=O)Oc1ccc(Br)cc1)Oc1ccc(Br)cc1. The lowest BCUT2D eigenvalue weighted by Crippen LogP contribution is -2.21. The van der Waals surface area contributed by atoms with Gasteiger partial charge in [-0.25, -0.2) is 9.59 Å². The van der Waals surface area contributed by atoms with Crippen molar-refractivity contribution in [1.29, 1.82) is 0 Å². The highest BCUT2D eigenvalue weighted by molar-refractivity contribution is 9.10. The van der Waals surface area contributed by atoms with Gasteiger partial charge in [-0.05, 0) is 48.5 Å². The largest absolute Gasteiger partial charge is 0.425 e. The molecule has 0 aliphatic heterocycles. The van der Waals surface area contributed by atoms with Gasteiger partial charge in [0.1, 0.15) is 24.7 Å². The molecule has 5 nitrogen and oxygen atoms in total. The van der Waals surface area contributed by atoms with E-state index < -0.39 is 11.9 Å². The molecule has 0 saturated carbocycles. The first-order valence-corrected chi connectivity index (χ1v) is 8.12. The minimum absolute atomic E-state index is 0.342. The molecule has 0 aliphatic rings. The van der Waals surface area contributed by atoms with Gasteiger partial charge in [-0.3, -0.25) is 0 Å². The van der Waals surface area contributed by atoms with E-state index in [1.54, 1.807) is 48.5 Å². The summed E-state index contributed by atoms with van der Waals surface area (Å²) >= 11 is 6.56. The third kappa shape index (κ3) is 6.52. The van der Waals surface area contributed by atoms with Crippen LogP contribution in [0, 0.1) is 0 Å². The minimum Gasteiger partial charge on any atom is -0.425 e. The van der Waals surface area contributed by atoms with Crippen molar-refractivity contribution in [2.24, 2.45) is 0 Å². The lowest BCUT2D eigenvalue weighted by Gasteiger charge is -2.06. The molecule has 0 fully saturated rings. The van der Waals surface area contributed by atoms with Crippen molar-refractivity contribution in [2.75, 3.05) is 13.2 Å². The van der Waals surface area contributed by atoms with Crippen LogP contribution in [0.3, 0.4) is 0 Å². The van der Waals surface area contributed by atoms with E-state index in [4.69, 9.17) is 14.2 Å². The van der Waals surface area contributed by atoms with Crippen molar-refractivity contribution in [3.63, 3.8) is 0 Å². The third-order valence-electron chi connectivity index (χ3n) is 2.53. The molecule has 2 aromatic rings. The zero-order valence-corrected chi connectivity index (χ0v) is 15.0. The summed E-state index contributed by atoms with van der Waals surface area (Å²) in [6.07, 6.45) is 0. The Labute approximate surface area is 149 Å². The number of hydrogen-bond donors (Lipinski definition) is 0. The fraction of sp³-hybridized carbons (Fsp3) is 0.125. The molecule has 0 spiro atoms. The molecule has 0 amide bonds. The fourth-order valence-corrected chi connectivity index (χ4v) is 2.07. The van der Waals surface area contributed by atoms with Gasteiger partial charge in [-0.2, -0.15) is 0 Å². The van der Waals surface area contributed by atoms with E-state index in [2.05, 4.69) is 31.9 Å². The molecule has 0 unspecified atom stereocenters. The summed E-state index contributed by atoms with van der Waals surface area (Å²) in [7, 11) is 0. The molecule has 2 aromatic carbocycles. The Morgan fingerprint density at radius 3 is 1.39 bits per heavy atom. The molecule has 0 aromatic heterocycles. The van der Waals surface area contributed by atoms with E-state index in [0.717, 1.165) is 8.95 Å². The molecule has 0 heterocycles. The van der Waals surface area contributed by atoms with Gasteiger partial charge >= 0.3 is 11.9 Å². The number of carbonyl (C=O) groups is 2. The van der Waals surface area contributed by atoms with Crippen molar-refractivity contribution < 1.29 is 23.8 Å². The summed E-state index contributed by atoms with van der Waals surface area (Å²) in [5.74, 6) is -0.383. The van der Waals surface area contributed by atoms with Crippen LogP contribution >= 0.6 is 31.9 Å². The second kappa shape index (κ2) is 8.81. The molecule has 0 aliphatic carbocycles. The molecular weight excluding hydrogens is 432 g/mol. The van der Waals surface area contributed by atoms with Gasteiger partial charge in [0, 0.05) is 8.95 Å². The van der Waals surface area contributed by atoms with E-state index >= 15 is 0 Å². The highest BCUT2D eigenvalue weighted by Crippen LogP contribution is 2.17. The van der Waals surface area contributed by atoms with Crippen LogP contribution in [-0.4, -0.2) is 25.2 Å². The molecular formula is C16H12Br2O5. The maximum absolute atomic E-state index is 11.6. The standard InChI is InChI=1S/C16H12Br2O5/c17-11-1-5-13(6-2-11)22-15(19)9-21-10-16(20)23-14-7-3-12(18)4-8-14/h1-8H,9-10H2. The van der Waals surface area contributed by atoms with Crippen molar-refractivity contribution in [2.45, 2.75) is 0 Å².